The van der Waals surface area contributed by atoms with Crippen LogP contribution in [0, 0.1) is 0 Å². The van der Waals surface area contributed by atoms with Crippen molar-refractivity contribution >= 4 is 5.97 Å². The highest BCUT2D eigenvalue weighted by Gasteiger charge is 2.15. The Hall–Kier alpha value is -0.650. The third-order valence-corrected chi connectivity index (χ3v) is 1.44. The monoisotopic (exact) mass is 234 g/mol. The second kappa shape index (κ2) is 8.50. The molecule has 0 unspecified atom stereocenters. The smallest absolute Gasteiger partial charge is 0.332 e. The molecule has 0 aliphatic heterocycles. The molecule has 96 valence electrons. The summed E-state index contributed by atoms with van der Waals surface area (Å²) >= 11 is 0. The molecule has 0 bridgehead atoms. The van der Waals surface area contributed by atoms with E-state index < -0.39 is 5.60 Å². The Labute approximate surface area is 97.0 Å². The van der Waals surface area contributed by atoms with Crippen LogP contribution in [0.1, 0.15) is 20.8 Å². The Morgan fingerprint density at radius 1 is 1.00 bits per heavy atom. The van der Waals surface area contributed by atoms with Crippen LogP contribution in [0.2, 0.25) is 0 Å². The quantitative estimate of drug-likeness (QED) is 0.463. The molecule has 0 amide bonds. The Kier molecular flexibility index (Phi) is 8.15. The predicted molar refractivity (Wildman–Crippen MR) is 59.4 cm³/mol. The molecule has 0 saturated heterocycles. The van der Waals surface area contributed by atoms with Gasteiger partial charge in [-0.15, -0.1) is 0 Å². The largest absolute Gasteiger partial charge is 0.458 e. The highest BCUT2D eigenvalue weighted by molar-refractivity contribution is 5.71. The van der Waals surface area contributed by atoms with Gasteiger partial charge in [0.25, 0.3) is 0 Å². The van der Waals surface area contributed by atoms with Gasteiger partial charge in [-0.25, -0.2) is 4.79 Å². The van der Waals surface area contributed by atoms with Gasteiger partial charge >= 0.3 is 5.97 Å². The van der Waals surface area contributed by atoms with Crippen molar-refractivity contribution in [3.63, 3.8) is 0 Å². The fourth-order valence-corrected chi connectivity index (χ4v) is 0.889. The number of hydrogen-bond acceptors (Lipinski definition) is 5. The second-order valence-corrected chi connectivity index (χ2v) is 4.24. The molecule has 0 aromatic carbocycles. The van der Waals surface area contributed by atoms with E-state index in [9.17, 15) is 4.79 Å². The van der Waals surface area contributed by atoms with Gasteiger partial charge in [0.15, 0.2) is 0 Å². The maximum atomic E-state index is 11.2. The van der Waals surface area contributed by atoms with Crippen molar-refractivity contribution in [3.8, 4) is 0 Å². The molecule has 0 N–H and O–H groups in total. The van der Waals surface area contributed by atoms with Crippen molar-refractivity contribution in [3.05, 3.63) is 0 Å². The van der Waals surface area contributed by atoms with Crippen molar-refractivity contribution in [2.45, 2.75) is 26.4 Å². The van der Waals surface area contributed by atoms with Crippen LogP contribution in [-0.2, 0) is 23.7 Å². The summed E-state index contributed by atoms with van der Waals surface area (Å²) in [5.41, 5.74) is -0.463. The zero-order valence-electron chi connectivity index (χ0n) is 10.6. The first kappa shape index (κ1) is 15.3. The van der Waals surface area contributed by atoms with Gasteiger partial charge in [0.1, 0.15) is 12.2 Å². The highest BCUT2D eigenvalue weighted by atomic mass is 16.6. The third-order valence-electron chi connectivity index (χ3n) is 1.44. The molecule has 0 aromatic rings. The average Bonchev–Trinajstić information content (AvgIpc) is 2.13. The van der Waals surface area contributed by atoms with Gasteiger partial charge in [-0.05, 0) is 20.8 Å². The average molecular weight is 234 g/mol. The zero-order valence-corrected chi connectivity index (χ0v) is 10.6. The lowest BCUT2D eigenvalue weighted by molar-refractivity contribution is -0.160. The minimum Gasteiger partial charge on any atom is -0.458 e. The lowest BCUT2D eigenvalue weighted by atomic mass is 10.2. The van der Waals surface area contributed by atoms with E-state index in [4.69, 9.17) is 18.9 Å². The maximum Gasteiger partial charge on any atom is 0.332 e. The first-order valence-electron chi connectivity index (χ1n) is 5.32. The third kappa shape index (κ3) is 11.4. The molecular formula is C11H22O5. The van der Waals surface area contributed by atoms with Crippen LogP contribution in [0.25, 0.3) is 0 Å². The number of carbonyl (C=O) groups is 1. The molecule has 0 fully saturated rings. The van der Waals surface area contributed by atoms with Crippen molar-refractivity contribution in [1.82, 2.24) is 0 Å². The van der Waals surface area contributed by atoms with Gasteiger partial charge in [0, 0.05) is 7.11 Å². The lowest BCUT2D eigenvalue weighted by Crippen LogP contribution is -2.27. The highest BCUT2D eigenvalue weighted by Crippen LogP contribution is 2.06. The van der Waals surface area contributed by atoms with Crippen LogP contribution in [0.15, 0.2) is 0 Å². The molecule has 0 radical (unpaired) electrons. The fourth-order valence-electron chi connectivity index (χ4n) is 0.889. The van der Waals surface area contributed by atoms with Crippen molar-refractivity contribution in [2.75, 3.05) is 40.1 Å². The van der Waals surface area contributed by atoms with Crippen molar-refractivity contribution in [1.29, 1.82) is 0 Å². The summed E-state index contributed by atoms with van der Waals surface area (Å²) in [6.45, 7) is 7.34. The number of ether oxygens (including phenoxy) is 4. The minimum atomic E-state index is -0.463. The Morgan fingerprint density at radius 2 is 1.56 bits per heavy atom. The molecule has 0 rings (SSSR count). The van der Waals surface area contributed by atoms with Crippen LogP contribution < -0.4 is 0 Å². The summed E-state index contributed by atoms with van der Waals surface area (Å²) in [5, 5.41) is 0. The molecule has 0 aliphatic carbocycles. The van der Waals surface area contributed by atoms with E-state index in [2.05, 4.69) is 0 Å². The standard InChI is InChI=1S/C11H22O5/c1-11(2,3)16-10(12)9-15-8-7-14-6-5-13-4/h5-9H2,1-4H3. The Balaban J connectivity index is 3.28. The van der Waals surface area contributed by atoms with E-state index in [0.29, 0.717) is 26.4 Å². The van der Waals surface area contributed by atoms with Crippen LogP contribution in [-0.4, -0.2) is 51.7 Å². The van der Waals surface area contributed by atoms with Crippen LogP contribution in [0.5, 0.6) is 0 Å². The lowest BCUT2D eigenvalue weighted by Gasteiger charge is -2.19. The molecule has 16 heavy (non-hydrogen) atoms. The van der Waals surface area contributed by atoms with Crippen LogP contribution in [0.3, 0.4) is 0 Å². The Morgan fingerprint density at radius 3 is 2.12 bits per heavy atom. The molecule has 0 saturated carbocycles. The molecule has 5 nitrogen and oxygen atoms in total. The molecular weight excluding hydrogens is 212 g/mol. The minimum absolute atomic E-state index is 0.0368. The SMILES string of the molecule is COCCOCCOCC(=O)OC(C)(C)C. The summed E-state index contributed by atoms with van der Waals surface area (Å²) < 4.78 is 20.1. The van der Waals surface area contributed by atoms with Gasteiger partial charge in [-0.1, -0.05) is 0 Å². The van der Waals surface area contributed by atoms with Crippen molar-refractivity contribution in [2.24, 2.45) is 0 Å². The molecule has 5 heteroatoms. The molecule has 0 heterocycles. The fraction of sp³-hybridized carbons (Fsp3) is 0.909. The summed E-state index contributed by atoms with van der Waals surface area (Å²) in [7, 11) is 1.61. The summed E-state index contributed by atoms with van der Waals surface area (Å²) in [5.74, 6) is -0.357. The van der Waals surface area contributed by atoms with E-state index >= 15 is 0 Å². The number of esters is 1. The topological polar surface area (TPSA) is 54.0 Å². The van der Waals surface area contributed by atoms with Crippen molar-refractivity contribution < 1.29 is 23.7 Å². The summed E-state index contributed by atoms with van der Waals surface area (Å²) in [4.78, 5) is 11.2. The van der Waals surface area contributed by atoms with E-state index in [1.807, 2.05) is 20.8 Å². The molecule has 0 spiro atoms. The molecule has 0 aliphatic rings. The number of carbonyl (C=O) groups excluding carboxylic acids is 1. The van der Waals surface area contributed by atoms with Crippen LogP contribution >= 0.6 is 0 Å². The predicted octanol–water partition coefficient (Wildman–Crippen LogP) is 1.01. The molecule has 0 aromatic heterocycles. The van der Waals surface area contributed by atoms with Gasteiger partial charge in [0.2, 0.25) is 0 Å². The van der Waals surface area contributed by atoms with E-state index in [1.54, 1.807) is 7.11 Å². The summed E-state index contributed by atoms with van der Waals surface area (Å²) in [6.07, 6.45) is 0. The van der Waals surface area contributed by atoms with Gasteiger partial charge in [0.05, 0.1) is 26.4 Å². The van der Waals surface area contributed by atoms with E-state index in [-0.39, 0.29) is 12.6 Å². The normalized spacial score (nSPS) is 11.5. The number of rotatable bonds is 8. The summed E-state index contributed by atoms with van der Waals surface area (Å²) in [6, 6.07) is 0. The second-order valence-electron chi connectivity index (χ2n) is 4.24. The van der Waals surface area contributed by atoms with Gasteiger partial charge < -0.3 is 18.9 Å². The number of methoxy groups -OCH3 is 1. The first-order valence-corrected chi connectivity index (χ1v) is 5.32. The van der Waals surface area contributed by atoms with E-state index in [1.165, 1.54) is 0 Å². The van der Waals surface area contributed by atoms with Gasteiger partial charge in [-0.3, -0.25) is 0 Å². The molecule has 0 atom stereocenters. The van der Waals surface area contributed by atoms with Gasteiger partial charge in [-0.2, -0.15) is 0 Å². The maximum absolute atomic E-state index is 11.2. The van der Waals surface area contributed by atoms with Crippen LogP contribution in [0.4, 0.5) is 0 Å². The Bertz CT molecular complexity index is 185. The number of hydrogen-bond donors (Lipinski definition) is 0. The van der Waals surface area contributed by atoms with E-state index in [0.717, 1.165) is 0 Å². The first-order chi connectivity index (χ1) is 7.45. The zero-order chi connectivity index (χ0) is 12.4.